The molecule has 1 amide bonds. The molecule has 0 radical (unpaired) electrons. The van der Waals surface area contributed by atoms with Gasteiger partial charge in [-0.2, -0.15) is 0 Å². The van der Waals surface area contributed by atoms with Crippen LogP contribution in [0.5, 0.6) is 5.75 Å². The van der Waals surface area contributed by atoms with Gasteiger partial charge in [-0.1, -0.05) is 18.2 Å². The Labute approximate surface area is 143 Å². The van der Waals surface area contributed by atoms with Gasteiger partial charge in [0.05, 0.1) is 0 Å². The molecule has 1 aromatic carbocycles. The summed E-state index contributed by atoms with van der Waals surface area (Å²) in [6.07, 6.45) is -0.579. The van der Waals surface area contributed by atoms with E-state index in [9.17, 15) is 19.5 Å². The first-order valence-electron chi connectivity index (χ1n) is 7.90. The van der Waals surface area contributed by atoms with E-state index in [0.29, 0.717) is 17.0 Å². The number of carbonyl (C=O) groups excluding carboxylic acids is 1. The van der Waals surface area contributed by atoms with Gasteiger partial charge >= 0.3 is 5.69 Å². The highest BCUT2D eigenvalue weighted by Gasteiger charge is 2.11. The maximum atomic E-state index is 11.8. The van der Waals surface area contributed by atoms with Crippen molar-refractivity contribution in [2.45, 2.75) is 25.9 Å². The van der Waals surface area contributed by atoms with Crippen LogP contribution >= 0.6 is 0 Å². The van der Waals surface area contributed by atoms with Gasteiger partial charge in [-0.3, -0.25) is 14.6 Å². The second-order valence-electron chi connectivity index (χ2n) is 5.59. The molecule has 0 bridgehead atoms. The molecule has 4 N–H and O–H groups in total. The first-order valence-corrected chi connectivity index (χ1v) is 7.90. The lowest BCUT2D eigenvalue weighted by Gasteiger charge is -2.13. The molecule has 8 nitrogen and oxygen atoms in total. The van der Waals surface area contributed by atoms with E-state index in [4.69, 9.17) is 4.74 Å². The summed E-state index contributed by atoms with van der Waals surface area (Å²) in [7, 11) is 0. The van der Waals surface area contributed by atoms with Crippen LogP contribution in [0.25, 0.3) is 0 Å². The molecule has 1 atom stereocenters. The number of nitrogens with one attached hydrogen (secondary N) is 3. The summed E-state index contributed by atoms with van der Waals surface area (Å²) in [5, 5.41) is 12.4. The topological polar surface area (TPSA) is 124 Å². The second kappa shape index (κ2) is 8.84. The lowest BCUT2D eigenvalue weighted by molar-refractivity contribution is -0.121. The zero-order chi connectivity index (χ0) is 18.2. The third-order valence-electron chi connectivity index (χ3n) is 3.58. The third kappa shape index (κ3) is 5.92. The number of ether oxygens (including phenoxy) is 1. The number of aryl methyl sites for hydroxylation is 1. The maximum Gasteiger partial charge on any atom is 0.325 e. The molecule has 8 heteroatoms. The van der Waals surface area contributed by atoms with Gasteiger partial charge in [0.25, 0.3) is 5.56 Å². The Morgan fingerprint density at radius 3 is 2.64 bits per heavy atom. The monoisotopic (exact) mass is 347 g/mol. The van der Waals surface area contributed by atoms with E-state index in [1.165, 1.54) is 0 Å². The van der Waals surface area contributed by atoms with Gasteiger partial charge in [0.15, 0.2) is 0 Å². The van der Waals surface area contributed by atoms with Crippen molar-refractivity contribution in [3.63, 3.8) is 0 Å². The zero-order valence-corrected chi connectivity index (χ0v) is 13.9. The van der Waals surface area contributed by atoms with Crippen LogP contribution < -0.4 is 21.3 Å². The van der Waals surface area contributed by atoms with Crippen LogP contribution in [0.2, 0.25) is 0 Å². The van der Waals surface area contributed by atoms with Gasteiger partial charge in [-0.05, 0) is 25.5 Å². The van der Waals surface area contributed by atoms with Crippen LogP contribution in [-0.2, 0) is 11.2 Å². The van der Waals surface area contributed by atoms with Crippen molar-refractivity contribution < 1.29 is 14.6 Å². The van der Waals surface area contributed by atoms with E-state index in [1.807, 2.05) is 18.2 Å². The first kappa shape index (κ1) is 18.5. The number of hydrogen-bond donors (Lipinski definition) is 4. The lowest BCUT2D eigenvalue weighted by atomic mass is 10.1. The Kier molecular flexibility index (Phi) is 6.53. The molecule has 134 valence electrons. The highest BCUT2D eigenvalue weighted by Crippen LogP contribution is 2.08. The fourth-order valence-corrected chi connectivity index (χ4v) is 2.25. The van der Waals surface area contributed by atoms with Crippen molar-refractivity contribution in [3.05, 3.63) is 62.4 Å². The molecular formula is C17H21N3O5. The number of aromatic amines is 2. The summed E-state index contributed by atoms with van der Waals surface area (Å²) in [5.41, 5.74) is -0.261. The molecule has 0 saturated carbocycles. The molecule has 0 saturated heterocycles. The normalized spacial score (nSPS) is 11.8. The summed E-state index contributed by atoms with van der Waals surface area (Å²) < 4.78 is 5.39. The molecule has 0 fully saturated rings. The molecule has 1 aromatic heterocycles. The average Bonchev–Trinajstić information content (AvgIpc) is 2.58. The number of hydrogen-bond acceptors (Lipinski definition) is 5. The van der Waals surface area contributed by atoms with Gasteiger partial charge in [0.2, 0.25) is 5.91 Å². The molecule has 2 rings (SSSR count). The fraction of sp³-hybridized carbons (Fsp3) is 0.353. The molecule has 1 heterocycles. The van der Waals surface area contributed by atoms with E-state index < -0.39 is 17.4 Å². The first-order chi connectivity index (χ1) is 12.0. The number of rotatable bonds is 8. The maximum absolute atomic E-state index is 11.8. The summed E-state index contributed by atoms with van der Waals surface area (Å²) in [6.45, 7) is 1.71. The standard InChI is InChI=1S/C17H21N3O5/c1-11-14(16(23)20-17(24)19-11)7-8-15(22)18-9-12(21)10-25-13-5-3-2-4-6-13/h2-6,12,21H,7-10H2,1H3,(H,18,22)(H2,19,20,23,24)/t12-/m1/s1. The van der Waals surface area contributed by atoms with Crippen LogP contribution in [0.4, 0.5) is 0 Å². The summed E-state index contributed by atoms with van der Waals surface area (Å²) in [6, 6.07) is 9.05. The van der Waals surface area contributed by atoms with E-state index in [2.05, 4.69) is 15.3 Å². The quantitative estimate of drug-likeness (QED) is 0.529. The predicted molar refractivity (Wildman–Crippen MR) is 91.7 cm³/mol. The Hall–Kier alpha value is -2.87. The van der Waals surface area contributed by atoms with E-state index in [1.54, 1.807) is 19.1 Å². The predicted octanol–water partition coefficient (Wildman–Crippen LogP) is -0.140. The number of aliphatic hydroxyl groups excluding tert-OH is 1. The van der Waals surface area contributed by atoms with Gasteiger partial charge < -0.3 is 20.1 Å². The molecule has 2 aromatic rings. The third-order valence-corrected chi connectivity index (χ3v) is 3.58. The van der Waals surface area contributed by atoms with Crippen molar-refractivity contribution in [1.82, 2.24) is 15.3 Å². The van der Waals surface area contributed by atoms with Crippen molar-refractivity contribution in [2.24, 2.45) is 0 Å². The number of benzene rings is 1. The number of H-pyrrole nitrogens is 2. The molecule has 0 aliphatic heterocycles. The Morgan fingerprint density at radius 2 is 1.96 bits per heavy atom. The van der Waals surface area contributed by atoms with E-state index in [-0.39, 0.29) is 31.9 Å². The van der Waals surface area contributed by atoms with Crippen molar-refractivity contribution in [2.75, 3.05) is 13.2 Å². The number of para-hydroxylation sites is 1. The van der Waals surface area contributed by atoms with E-state index >= 15 is 0 Å². The number of aromatic nitrogens is 2. The number of aliphatic hydroxyl groups is 1. The SMILES string of the molecule is Cc1[nH]c(=O)[nH]c(=O)c1CCC(=O)NC[C@@H](O)COc1ccccc1. The molecule has 0 spiro atoms. The Balaban J connectivity index is 1.73. The highest BCUT2D eigenvalue weighted by molar-refractivity contribution is 5.76. The summed E-state index contributed by atoms with van der Waals surface area (Å²) in [5.74, 6) is 0.337. The van der Waals surface area contributed by atoms with E-state index in [0.717, 1.165) is 0 Å². The summed E-state index contributed by atoms with van der Waals surface area (Å²) >= 11 is 0. The van der Waals surface area contributed by atoms with Crippen molar-refractivity contribution in [3.8, 4) is 5.75 Å². The van der Waals surface area contributed by atoms with Crippen molar-refractivity contribution >= 4 is 5.91 Å². The van der Waals surface area contributed by atoms with Crippen molar-refractivity contribution in [1.29, 1.82) is 0 Å². The highest BCUT2D eigenvalue weighted by atomic mass is 16.5. The smallest absolute Gasteiger partial charge is 0.325 e. The number of carbonyl (C=O) groups is 1. The minimum Gasteiger partial charge on any atom is -0.491 e. The van der Waals surface area contributed by atoms with Gasteiger partial charge in [-0.25, -0.2) is 4.79 Å². The molecule has 25 heavy (non-hydrogen) atoms. The zero-order valence-electron chi connectivity index (χ0n) is 13.9. The minimum absolute atomic E-state index is 0.0482. The lowest BCUT2D eigenvalue weighted by Crippen LogP contribution is -2.35. The van der Waals surface area contributed by atoms with Gasteiger partial charge in [-0.15, -0.1) is 0 Å². The van der Waals surface area contributed by atoms with Crippen LogP contribution in [0.1, 0.15) is 17.7 Å². The van der Waals surface area contributed by atoms with Crippen LogP contribution in [0.15, 0.2) is 39.9 Å². The van der Waals surface area contributed by atoms with Crippen LogP contribution in [-0.4, -0.2) is 40.2 Å². The minimum atomic E-state index is -0.845. The Bertz CT molecular complexity index is 813. The molecule has 0 aliphatic carbocycles. The van der Waals surface area contributed by atoms with Gasteiger partial charge in [0.1, 0.15) is 18.5 Å². The number of amides is 1. The largest absolute Gasteiger partial charge is 0.491 e. The molecule has 0 aliphatic rings. The Morgan fingerprint density at radius 1 is 1.24 bits per heavy atom. The fourth-order valence-electron chi connectivity index (χ4n) is 2.25. The summed E-state index contributed by atoms with van der Waals surface area (Å²) in [4.78, 5) is 39.3. The molecule has 0 unspecified atom stereocenters. The van der Waals surface area contributed by atoms with Gasteiger partial charge in [0, 0.05) is 24.2 Å². The average molecular weight is 347 g/mol. The second-order valence-corrected chi connectivity index (χ2v) is 5.59. The van der Waals surface area contributed by atoms with Crippen LogP contribution in [0.3, 0.4) is 0 Å². The van der Waals surface area contributed by atoms with Crippen LogP contribution in [0, 0.1) is 6.92 Å². The molecular weight excluding hydrogens is 326 g/mol.